The first-order valence-corrected chi connectivity index (χ1v) is 11.4. The van der Waals surface area contributed by atoms with Crippen LogP contribution in [0.2, 0.25) is 0 Å². The molecule has 2 aliphatic rings. The van der Waals surface area contributed by atoms with Crippen molar-refractivity contribution in [3.8, 4) is 5.75 Å². The van der Waals surface area contributed by atoms with Crippen LogP contribution in [0.15, 0.2) is 51.3 Å². The normalized spacial score (nSPS) is 18.3. The number of aromatic carboxylic acids is 1. The molecule has 0 saturated heterocycles. The average molecular weight is 447 g/mol. The molecule has 2 aliphatic heterocycles. The molecule has 0 saturated carbocycles. The standard InChI is InChI=1S/C19H17N3O6S2/c23-18(24)12-7-13(17-14(8-12)10-27-11-28-17)9-21-15-1-3-16(4-2-15)30(25,26)22-19-20-5-6-29-19/h1-5,7-9,19,22H,6,10-11H2,(H,23,24). The van der Waals surface area contributed by atoms with Gasteiger partial charge < -0.3 is 14.6 Å². The van der Waals surface area contributed by atoms with Gasteiger partial charge in [-0.2, -0.15) is 4.72 Å². The van der Waals surface area contributed by atoms with Crippen molar-refractivity contribution in [1.29, 1.82) is 0 Å². The third kappa shape index (κ3) is 4.54. The van der Waals surface area contributed by atoms with Crippen LogP contribution in [0.4, 0.5) is 5.69 Å². The molecule has 1 atom stereocenters. The van der Waals surface area contributed by atoms with E-state index in [2.05, 4.69) is 14.7 Å². The third-order valence-electron chi connectivity index (χ3n) is 4.31. The molecule has 0 fully saturated rings. The highest BCUT2D eigenvalue weighted by Gasteiger charge is 2.21. The van der Waals surface area contributed by atoms with Gasteiger partial charge in [0.25, 0.3) is 0 Å². The van der Waals surface area contributed by atoms with Gasteiger partial charge in [0.15, 0.2) is 12.3 Å². The van der Waals surface area contributed by atoms with E-state index in [0.717, 1.165) is 0 Å². The van der Waals surface area contributed by atoms with Gasteiger partial charge >= 0.3 is 5.97 Å². The highest BCUT2D eigenvalue weighted by molar-refractivity contribution is 8.01. The minimum Gasteiger partial charge on any atom is -0.478 e. The largest absolute Gasteiger partial charge is 0.478 e. The number of carboxylic acid groups (broad SMARTS) is 1. The molecule has 30 heavy (non-hydrogen) atoms. The number of aliphatic imine (C=N–C) groups is 2. The first-order chi connectivity index (χ1) is 14.4. The van der Waals surface area contributed by atoms with Crippen molar-refractivity contribution < 1.29 is 27.8 Å². The molecule has 2 heterocycles. The van der Waals surface area contributed by atoms with Gasteiger partial charge in [-0.1, -0.05) is 0 Å². The maximum absolute atomic E-state index is 12.4. The van der Waals surface area contributed by atoms with Gasteiger partial charge in [0, 0.05) is 29.3 Å². The first kappa shape index (κ1) is 20.5. The Labute approximate surface area is 176 Å². The Morgan fingerprint density at radius 3 is 2.80 bits per heavy atom. The lowest BCUT2D eigenvalue weighted by atomic mass is 10.0. The van der Waals surface area contributed by atoms with Crippen molar-refractivity contribution in [3.05, 3.63) is 53.1 Å². The lowest BCUT2D eigenvalue weighted by Gasteiger charge is -2.20. The Balaban J connectivity index is 1.55. The number of carboxylic acids is 1. The van der Waals surface area contributed by atoms with Crippen LogP contribution in [-0.4, -0.2) is 50.0 Å². The minimum absolute atomic E-state index is 0.0726. The smallest absolute Gasteiger partial charge is 0.335 e. The van der Waals surface area contributed by atoms with Crippen molar-refractivity contribution in [2.75, 3.05) is 12.5 Å². The second-order valence-electron chi connectivity index (χ2n) is 6.36. The summed E-state index contributed by atoms with van der Waals surface area (Å²) >= 11 is 1.39. The second-order valence-corrected chi connectivity index (χ2v) is 9.19. The zero-order valence-corrected chi connectivity index (χ0v) is 17.1. The van der Waals surface area contributed by atoms with Crippen molar-refractivity contribution in [1.82, 2.24) is 4.72 Å². The first-order valence-electron chi connectivity index (χ1n) is 8.83. The molecule has 9 nitrogen and oxygen atoms in total. The molecular weight excluding hydrogens is 430 g/mol. The number of thioether (sulfide) groups is 1. The zero-order valence-electron chi connectivity index (χ0n) is 15.5. The molecule has 156 valence electrons. The average Bonchev–Trinajstić information content (AvgIpc) is 3.24. The minimum atomic E-state index is -3.69. The van der Waals surface area contributed by atoms with Gasteiger partial charge in [0.2, 0.25) is 10.0 Å². The molecule has 0 radical (unpaired) electrons. The van der Waals surface area contributed by atoms with Crippen LogP contribution >= 0.6 is 11.8 Å². The number of benzene rings is 2. The van der Waals surface area contributed by atoms with E-state index in [4.69, 9.17) is 9.47 Å². The van der Waals surface area contributed by atoms with E-state index in [1.807, 2.05) is 0 Å². The summed E-state index contributed by atoms with van der Waals surface area (Å²) in [5, 5.41) is 9.31. The second kappa shape index (κ2) is 8.56. The molecule has 0 aromatic heterocycles. The summed E-state index contributed by atoms with van der Waals surface area (Å²) in [6.45, 7) is 0.323. The Kier molecular flexibility index (Phi) is 5.86. The van der Waals surface area contributed by atoms with Crippen LogP contribution in [0.5, 0.6) is 5.75 Å². The van der Waals surface area contributed by atoms with Crippen LogP contribution < -0.4 is 9.46 Å². The zero-order chi connectivity index (χ0) is 21.1. The summed E-state index contributed by atoms with van der Waals surface area (Å²) < 4.78 is 38.1. The number of carbonyl (C=O) groups is 1. The van der Waals surface area contributed by atoms with E-state index in [-0.39, 0.29) is 23.9 Å². The number of ether oxygens (including phenoxy) is 2. The molecular formula is C19H17N3O6S2. The summed E-state index contributed by atoms with van der Waals surface area (Å²) in [5.74, 6) is 0.126. The number of nitrogens with one attached hydrogen (secondary N) is 1. The van der Waals surface area contributed by atoms with Gasteiger partial charge in [0.1, 0.15) is 5.75 Å². The molecule has 2 aromatic rings. The van der Waals surface area contributed by atoms with E-state index in [1.165, 1.54) is 42.2 Å². The highest BCUT2D eigenvalue weighted by Crippen LogP contribution is 2.29. The van der Waals surface area contributed by atoms with Gasteiger partial charge in [-0.15, -0.1) is 11.8 Å². The predicted octanol–water partition coefficient (Wildman–Crippen LogP) is 2.38. The fourth-order valence-corrected chi connectivity index (χ4v) is 5.04. The monoisotopic (exact) mass is 447 g/mol. The quantitative estimate of drug-likeness (QED) is 0.651. The van der Waals surface area contributed by atoms with E-state index in [0.29, 0.717) is 28.3 Å². The van der Waals surface area contributed by atoms with Crippen LogP contribution in [-0.2, 0) is 21.4 Å². The van der Waals surface area contributed by atoms with Gasteiger partial charge in [-0.3, -0.25) is 9.98 Å². The summed E-state index contributed by atoms with van der Waals surface area (Å²) in [5.41, 5.74) is 1.22. The SMILES string of the molecule is O=C(O)c1cc(C=Nc2ccc(S(=O)(=O)NC3N=CCS3)cc2)c2c(c1)COCO2. The Morgan fingerprint density at radius 2 is 2.10 bits per heavy atom. The number of hydrogen-bond donors (Lipinski definition) is 2. The summed E-state index contributed by atoms with van der Waals surface area (Å²) in [4.78, 5) is 19.8. The number of nitrogens with zero attached hydrogens (tertiary/aromatic N) is 2. The Hall–Kier alpha value is -2.73. The van der Waals surface area contributed by atoms with Gasteiger partial charge in [-0.25, -0.2) is 13.2 Å². The molecule has 1 unspecified atom stereocenters. The van der Waals surface area contributed by atoms with E-state index >= 15 is 0 Å². The molecule has 2 N–H and O–H groups in total. The molecule has 0 amide bonds. The predicted molar refractivity (Wildman–Crippen MR) is 112 cm³/mol. The number of rotatable bonds is 6. The van der Waals surface area contributed by atoms with Crippen LogP contribution in [0.3, 0.4) is 0 Å². The third-order valence-corrected chi connectivity index (χ3v) is 6.78. The Bertz CT molecular complexity index is 1130. The molecule has 4 rings (SSSR count). The highest BCUT2D eigenvalue weighted by atomic mass is 32.2. The summed E-state index contributed by atoms with van der Waals surface area (Å²) in [6, 6.07) is 9.00. The molecule has 0 aliphatic carbocycles. The van der Waals surface area contributed by atoms with Gasteiger partial charge in [-0.05, 0) is 36.4 Å². The van der Waals surface area contributed by atoms with E-state index < -0.39 is 21.5 Å². The molecule has 0 spiro atoms. The van der Waals surface area contributed by atoms with Crippen LogP contribution in [0.1, 0.15) is 21.5 Å². The van der Waals surface area contributed by atoms with Crippen molar-refractivity contribution >= 4 is 45.9 Å². The molecule has 2 aromatic carbocycles. The van der Waals surface area contributed by atoms with Crippen LogP contribution in [0.25, 0.3) is 0 Å². The fourth-order valence-electron chi connectivity index (χ4n) is 2.90. The number of sulfonamides is 1. The van der Waals surface area contributed by atoms with Crippen molar-refractivity contribution in [2.24, 2.45) is 9.98 Å². The van der Waals surface area contributed by atoms with E-state index in [9.17, 15) is 18.3 Å². The molecule has 0 bridgehead atoms. The lowest BCUT2D eigenvalue weighted by Crippen LogP contribution is -2.30. The van der Waals surface area contributed by atoms with Crippen molar-refractivity contribution in [3.63, 3.8) is 0 Å². The van der Waals surface area contributed by atoms with E-state index in [1.54, 1.807) is 18.3 Å². The number of fused-ring (bicyclic) bond motifs is 1. The number of hydrogen-bond acceptors (Lipinski definition) is 8. The molecule has 11 heteroatoms. The topological polar surface area (TPSA) is 127 Å². The van der Waals surface area contributed by atoms with Crippen LogP contribution in [0, 0.1) is 0 Å². The summed E-state index contributed by atoms with van der Waals surface area (Å²) in [6.07, 6.45) is 3.16. The van der Waals surface area contributed by atoms with Crippen molar-refractivity contribution in [2.45, 2.75) is 17.0 Å². The maximum atomic E-state index is 12.4. The summed E-state index contributed by atoms with van der Waals surface area (Å²) in [7, 11) is -3.69. The van der Waals surface area contributed by atoms with Gasteiger partial charge in [0.05, 0.1) is 22.8 Å². The Morgan fingerprint density at radius 1 is 1.30 bits per heavy atom. The fraction of sp³-hybridized carbons (Fsp3) is 0.211. The lowest BCUT2D eigenvalue weighted by molar-refractivity contribution is -0.0165. The maximum Gasteiger partial charge on any atom is 0.335 e.